The topological polar surface area (TPSA) is 115 Å². The van der Waals surface area contributed by atoms with Crippen LogP contribution >= 0.6 is 15.9 Å². The second-order valence-electron chi connectivity index (χ2n) is 6.88. The van der Waals surface area contributed by atoms with Crippen LogP contribution in [0.4, 0.5) is 5.69 Å². The lowest BCUT2D eigenvalue weighted by Gasteiger charge is -2.36. The van der Waals surface area contributed by atoms with E-state index >= 15 is 0 Å². The van der Waals surface area contributed by atoms with Gasteiger partial charge in [0.2, 0.25) is 0 Å². The molecule has 33 heavy (non-hydrogen) atoms. The van der Waals surface area contributed by atoms with E-state index in [1.807, 2.05) is 6.92 Å². The van der Waals surface area contributed by atoms with Gasteiger partial charge in [-0.05, 0) is 30.7 Å². The van der Waals surface area contributed by atoms with Gasteiger partial charge in [0, 0.05) is 4.47 Å². The van der Waals surface area contributed by atoms with Crippen molar-refractivity contribution < 1.29 is 23.8 Å². The van der Waals surface area contributed by atoms with E-state index in [1.165, 1.54) is 19.1 Å². The van der Waals surface area contributed by atoms with E-state index in [0.29, 0.717) is 23.6 Å². The van der Waals surface area contributed by atoms with Crippen LogP contribution in [0.3, 0.4) is 0 Å². The van der Waals surface area contributed by atoms with Crippen LogP contribution in [0.1, 0.15) is 18.4 Å². The Morgan fingerprint density at radius 1 is 1.12 bits per heavy atom. The first kappa shape index (κ1) is 23.9. The summed E-state index contributed by atoms with van der Waals surface area (Å²) in [7, 11) is 2.40. The van der Waals surface area contributed by atoms with E-state index < -0.39 is 17.9 Å². The minimum absolute atomic E-state index is 0.0253. The van der Waals surface area contributed by atoms with E-state index in [2.05, 4.69) is 22.0 Å². The fourth-order valence-electron chi connectivity index (χ4n) is 3.71. The largest absolute Gasteiger partial charge is 0.492 e. The molecule has 2 aromatic rings. The van der Waals surface area contributed by atoms with Crippen LogP contribution in [0, 0.1) is 11.3 Å². The van der Waals surface area contributed by atoms with Gasteiger partial charge in [0.05, 0.1) is 49.6 Å². The Morgan fingerprint density at radius 2 is 1.79 bits per heavy atom. The van der Waals surface area contributed by atoms with Crippen LogP contribution in [0.25, 0.3) is 0 Å². The maximum Gasteiger partial charge on any atom is 0.355 e. The van der Waals surface area contributed by atoms with Crippen LogP contribution in [0.5, 0.6) is 5.75 Å². The standard InChI is InChI=1S/C24H22BrN3O5/c1-4-33-18-12-15(25)10-11-17(18)28-21(24(30)32-3)20(23(29)31-2)19(16(13-26)22(28)27)14-8-6-5-7-9-14/h5-12,19H,4,27H2,1-3H3. The number of allylic oxidation sites excluding steroid dienone is 1. The smallest absolute Gasteiger partial charge is 0.355 e. The maximum absolute atomic E-state index is 13.1. The van der Waals surface area contributed by atoms with E-state index in [9.17, 15) is 14.9 Å². The van der Waals surface area contributed by atoms with Crippen LogP contribution in [0.2, 0.25) is 0 Å². The minimum Gasteiger partial charge on any atom is -0.492 e. The molecule has 2 N–H and O–H groups in total. The first-order valence-electron chi connectivity index (χ1n) is 9.97. The Morgan fingerprint density at radius 3 is 2.36 bits per heavy atom. The molecule has 1 aliphatic heterocycles. The molecular formula is C24H22BrN3O5. The predicted molar refractivity (Wildman–Crippen MR) is 125 cm³/mol. The van der Waals surface area contributed by atoms with Crippen LogP contribution in [-0.2, 0) is 19.1 Å². The molecule has 0 fully saturated rings. The number of nitriles is 1. The number of hydrogen-bond donors (Lipinski definition) is 1. The number of carbonyl (C=O) groups is 2. The molecule has 170 valence electrons. The molecule has 2 aromatic carbocycles. The lowest BCUT2D eigenvalue weighted by atomic mass is 9.81. The fourth-order valence-corrected chi connectivity index (χ4v) is 4.05. The molecule has 9 heteroatoms. The molecule has 0 saturated carbocycles. The molecule has 0 bridgehead atoms. The van der Waals surface area contributed by atoms with Crippen molar-refractivity contribution in [1.82, 2.24) is 0 Å². The Hall–Kier alpha value is -3.77. The van der Waals surface area contributed by atoms with Gasteiger partial charge in [0.25, 0.3) is 0 Å². The summed E-state index contributed by atoms with van der Waals surface area (Å²) >= 11 is 3.40. The molecule has 0 amide bonds. The van der Waals surface area contributed by atoms with Crippen molar-refractivity contribution in [2.45, 2.75) is 12.8 Å². The van der Waals surface area contributed by atoms with E-state index in [-0.39, 0.29) is 22.7 Å². The Bertz CT molecular complexity index is 1180. The van der Waals surface area contributed by atoms with Crippen molar-refractivity contribution in [3.8, 4) is 11.8 Å². The van der Waals surface area contributed by atoms with Crippen molar-refractivity contribution in [3.05, 3.63) is 81.2 Å². The number of esters is 2. The van der Waals surface area contributed by atoms with E-state index in [1.54, 1.807) is 48.5 Å². The number of halogens is 1. The highest BCUT2D eigenvalue weighted by Crippen LogP contribution is 2.45. The highest BCUT2D eigenvalue weighted by Gasteiger charge is 2.43. The summed E-state index contributed by atoms with van der Waals surface area (Å²) in [6, 6.07) is 16.0. The lowest BCUT2D eigenvalue weighted by molar-refractivity contribution is -0.139. The molecule has 0 aliphatic carbocycles. The van der Waals surface area contributed by atoms with Gasteiger partial charge in [-0.15, -0.1) is 0 Å². The highest BCUT2D eigenvalue weighted by atomic mass is 79.9. The summed E-state index contributed by atoms with van der Waals surface area (Å²) in [5.74, 6) is -2.18. The van der Waals surface area contributed by atoms with Crippen LogP contribution in [0.15, 0.2) is 75.7 Å². The third-order valence-corrected chi connectivity index (χ3v) is 5.57. The van der Waals surface area contributed by atoms with Gasteiger partial charge in [-0.2, -0.15) is 5.26 Å². The summed E-state index contributed by atoms with van der Waals surface area (Å²) in [4.78, 5) is 27.5. The van der Waals surface area contributed by atoms with Crippen molar-refractivity contribution >= 4 is 33.6 Å². The average molecular weight is 512 g/mol. The lowest BCUT2D eigenvalue weighted by Crippen LogP contribution is -2.41. The van der Waals surface area contributed by atoms with Crippen molar-refractivity contribution in [2.75, 3.05) is 25.7 Å². The van der Waals surface area contributed by atoms with Crippen LogP contribution < -0.4 is 15.4 Å². The normalized spacial score (nSPS) is 15.7. The fraction of sp³-hybridized carbons (Fsp3) is 0.208. The van der Waals surface area contributed by atoms with Crippen molar-refractivity contribution in [1.29, 1.82) is 5.26 Å². The SMILES string of the molecule is CCOc1cc(Br)ccc1N1C(N)=C(C#N)C(c2ccccc2)C(C(=O)OC)=C1C(=O)OC. The van der Waals surface area contributed by atoms with E-state index in [0.717, 1.165) is 4.47 Å². The first-order chi connectivity index (χ1) is 15.9. The minimum atomic E-state index is -0.931. The molecule has 1 heterocycles. The van der Waals surface area contributed by atoms with Gasteiger partial charge in [0.1, 0.15) is 17.3 Å². The second kappa shape index (κ2) is 10.2. The monoisotopic (exact) mass is 511 g/mol. The predicted octanol–water partition coefficient (Wildman–Crippen LogP) is 3.75. The highest BCUT2D eigenvalue weighted by molar-refractivity contribution is 9.10. The molecule has 1 atom stereocenters. The summed E-state index contributed by atoms with van der Waals surface area (Å²) in [6.45, 7) is 2.14. The Kier molecular flexibility index (Phi) is 7.41. The number of methoxy groups -OCH3 is 2. The molecular weight excluding hydrogens is 490 g/mol. The number of nitrogens with zero attached hydrogens (tertiary/aromatic N) is 2. The van der Waals surface area contributed by atoms with Gasteiger partial charge >= 0.3 is 11.9 Å². The average Bonchev–Trinajstić information content (AvgIpc) is 2.83. The molecule has 0 saturated heterocycles. The number of hydrogen-bond acceptors (Lipinski definition) is 8. The summed E-state index contributed by atoms with van der Waals surface area (Å²) < 4.78 is 16.6. The zero-order valence-electron chi connectivity index (χ0n) is 18.3. The van der Waals surface area contributed by atoms with Gasteiger partial charge in [-0.25, -0.2) is 9.59 Å². The summed E-state index contributed by atoms with van der Waals surface area (Å²) in [5.41, 5.74) is 7.33. The maximum atomic E-state index is 13.1. The summed E-state index contributed by atoms with van der Waals surface area (Å²) in [5, 5.41) is 10.1. The van der Waals surface area contributed by atoms with Crippen LogP contribution in [-0.4, -0.2) is 32.8 Å². The Labute approximate surface area is 200 Å². The number of anilines is 1. The summed E-state index contributed by atoms with van der Waals surface area (Å²) in [6.07, 6.45) is 0. The Balaban J connectivity index is 2.43. The third kappa shape index (κ3) is 4.43. The number of ether oxygens (including phenoxy) is 3. The first-order valence-corrected chi connectivity index (χ1v) is 10.8. The van der Waals surface area contributed by atoms with Crippen molar-refractivity contribution in [2.24, 2.45) is 5.73 Å². The zero-order valence-corrected chi connectivity index (χ0v) is 19.9. The van der Waals surface area contributed by atoms with E-state index in [4.69, 9.17) is 19.9 Å². The number of carbonyl (C=O) groups excluding carboxylic acids is 2. The number of nitrogens with two attached hydrogens (primary N) is 1. The number of rotatable bonds is 6. The second-order valence-corrected chi connectivity index (χ2v) is 7.80. The molecule has 1 unspecified atom stereocenters. The quantitative estimate of drug-likeness (QED) is 0.583. The molecule has 0 radical (unpaired) electrons. The molecule has 0 spiro atoms. The zero-order chi connectivity index (χ0) is 24.1. The number of benzene rings is 2. The van der Waals surface area contributed by atoms with Gasteiger partial charge in [-0.3, -0.25) is 4.90 Å². The van der Waals surface area contributed by atoms with Gasteiger partial charge in [-0.1, -0.05) is 46.3 Å². The van der Waals surface area contributed by atoms with Crippen molar-refractivity contribution in [3.63, 3.8) is 0 Å². The molecule has 3 rings (SSSR count). The van der Waals surface area contributed by atoms with Gasteiger partial charge < -0.3 is 19.9 Å². The molecule has 8 nitrogen and oxygen atoms in total. The van der Waals surface area contributed by atoms with Gasteiger partial charge in [0.15, 0.2) is 0 Å². The third-order valence-electron chi connectivity index (χ3n) is 5.07. The molecule has 0 aromatic heterocycles. The molecule has 1 aliphatic rings.